The third-order valence-electron chi connectivity index (χ3n) is 1.85. The molecule has 0 spiro atoms. The van der Waals surface area contributed by atoms with Crippen molar-refractivity contribution < 1.29 is 17.0 Å². The quantitative estimate of drug-likeness (QED) is 0.356. The van der Waals surface area contributed by atoms with Crippen LogP contribution < -0.4 is 12.4 Å². The average Bonchev–Trinajstić information content (AvgIpc) is 2.11. The molecule has 0 N–H and O–H groups in total. The molecule has 11 heavy (non-hydrogen) atoms. The van der Waals surface area contributed by atoms with Gasteiger partial charge in [-0.3, -0.25) is 14.4 Å². The Kier molecular flexibility index (Phi) is 3.66. The molecule has 0 atom stereocenters. The number of nitrogens with zero attached hydrogens (tertiary/aromatic N) is 3. The highest BCUT2D eigenvalue weighted by atomic mass is 35.5. The van der Waals surface area contributed by atoms with E-state index in [9.17, 15) is 0 Å². The summed E-state index contributed by atoms with van der Waals surface area (Å²) in [6.07, 6.45) is 0. The fourth-order valence-electron chi connectivity index (χ4n) is 1.47. The van der Waals surface area contributed by atoms with Crippen molar-refractivity contribution in [2.75, 3.05) is 41.3 Å². The predicted octanol–water partition coefficient (Wildman–Crippen LogP) is -3.50. The Bertz CT molecular complexity index is 165. The number of hydrogen-bond donors (Lipinski definition) is 0. The molecule has 0 aromatic heterocycles. The van der Waals surface area contributed by atoms with Crippen molar-refractivity contribution in [3.8, 4) is 0 Å². The van der Waals surface area contributed by atoms with Crippen molar-refractivity contribution in [3.05, 3.63) is 0 Å². The molecule has 0 aromatic rings. The Labute approximate surface area is 74.7 Å². The van der Waals surface area contributed by atoms with E-state index < -0.39 is 0 Å². The molecule has 1 aliphatic heterocycles. The van der Waals surface area contributed by atoms with E-state index in [1.54, 1.807) is 0 Å². The lowest BCUT2D eigenvalue weighted by Crippen LogP contribution is -3.00. The predicted molar refractivity (Wildman–Crippen MR) is 42.4 cm³/mol. The molecule has 1 rings (SSSR count). The largest absolute Gasteiger partial charge is 1.00 e. The molecule has 3 nitrogen and oxygen atoms in total. The lowest BCUT2D eigenvalue weighted by molar-refractivity contribution is -0.491. The Morgan fingerprint density at radius 2 is 2.00 bits per heavy atom. The maximum Gasteiger partial charge on any atom is 0.349 e. The minimum absolute atomic E-state index is 0. The van der Waals surface area contributed by atoms with Crippen LogP contribution in [0.3, 0.4) is 0 Å². The Morgan fingerprint density at radius 1 is 1.45 bits per heavy atom. The molecule has 1 heterocycles. The van der Waals surface area contributed by atoms with Crippen LogP contribution in [0.25, 0.3) is 0 Å². The molecule has 0 radical (unpaired) electrons. The standard InChI is InChI=1S/C7H16N3.ClH/c1-8(2)7-9(3)5-6-10(7)4;/h5-6H2,1-4H3;1H/q+1;/p-1. The van der Waals surface area contributed by atoms with E-state index >= 15 is 0 Å². The van der Waals surface area contributed by atoms with E-state index in [0.717, 1.165) is 13.1 Å². The summed E-state index contributed by atoms with van der Waals surface area (Å²) in [4.78, 5) is 4.41. The Morgan fingerprint density at radius 3 is 2.18 bits per heavy atom. The second-order valence-electron chi connectivity index (χ2n) is 3.04. The maximum absolute atomic E-state index is 2.26. The minimum atomic E-state index is 0. The van der Waals surface area contributed by atoms with Crippen molar-refractivity contribution in [1.82, 2.24) is 9.80 Å². The third-order valence-corrected chi connectivity index (χ3v) is 1.85. The van der Waals surface area contributed by atoms with E-state index in [2.05, 4.69) is 42.6 Å². The summed E-state index contributed by atoms with van der Waals surface area (Å²) in [6, 6.07) is 0. The summed E-state index contributed by atoms with van der Waals surface area (Å²) in [5.41, 5.74) is 0. The van der Waals surface area contributed by atoms with Gasteiger partial charge in [0.1, 0.15) is 0 Å². The van der Waals surface area contributed by atoms with Crippen LogP contribution in [0.15, 0.2) is 0 Å². The Balaban J connectivity index is 0.000001000. The summed E-state index contributed by atoms with van der Waals surface area (Å²) in [7, 11) is 8.40. The van der Waals surface area contributed by atoms with Crippen LogP contribution in [-0.2, 0) is 0 Å². The molecule has 1 aliphatic rings. The number of halogens is 1. The van der Waals surface area contributed by atoms with Crippen LogP contribution in [-0.4, -0.2) is 61.6 Å². The molecule has 0 saturated carbocycles. The van der Waals surface area contributed by atoms with Gasteiger partial charge in [0.2, 0.25) is 0 Å². The molecule has 0 unspecified atom stereocenters. The summed E-state index contributed by atoms with van der Waals surface area (Å²) in [5.74, 6) is 1.31. The molecule has 0 fully saturated rings. The monoisotopic (exact) mass is 177 g/mol. The van der Waals surface area contributed by atoms with Gasteiger partial charge in [0.05, 0.1) is 41.3 Å². The molecule has 0 amide bonds. The number of guanidine groups is 1. The van der Waals surface area contributed by atoms with Gasteiger partial charge in [-0.15, -0.1) is 0 Å². The van der Waals surface area contributed by atoms with Crippen molar-refractivity contribution >= 4 is 5.96 Å². The summed E-state index contributed by atoms with van der Waals surface area (Å²) in [6.45, 7) is 2.29. The topological polar surface area (TPSA) is 9.49 Å². The Hall–Kier alpha value is -0.440. The van der Waals surface area contributed by atoms with Crippen molar-refractivity contribution in [2.24, 2.45) is 0 Å². The van der Waals surface area contributed by atoms with Crippen LogP contribution in [0.4, 0.5) is 0 Å². The molecule has 0 aromatic carbocycles. The van der Waals surface area contributed by atoms with Crippen molar-refractivity contribution in [1.29, 1.82) is 0 Å². The highest BCUT2D eigenvalue weighted by Gasteiger charge is 2.25. The van der Waals surface area contributed by atoms with E-state index in [1.807, 2.05) is 0 Å². The zero-order valence-electron chi connectivity index (χ0n) is 7.63. The summed E-state index contributed by atoms with van der Waals surface area (Å²) < 4.78 is 2.26. The second kappa shape index (κ2) is 3.81. The van der Waals surface area contributed by atoms with Crippen molar-refractivity contribution in [2.45, 2.75) is 0 Å². The molecular weight excluding hydrogens is 162 g/mol. The van der Waals surface area contributed by atoms with Crippen LogP contribution in [0, 0.1) is 0 Å². The molecular formula is C7H16ClN3. The smallest absolute Gasteiger partial charge is 0.349 e. The van der Waals surface area contributed by atoms with Gasteiger partial charge >= 0.3 is 5.96 Å². The van der Waals surface area contributed by atoms with E-state index in [-0.39, 0.29) is 12.4 Å². The van der Waals surface area contributed by atoms with Gasteiger partial charge in [0, 0.05) is 0 Å². The lowest BCUT2D eigenvalue weighted by atomic mass is 10.6. The van der Waals surface area contributed by atoms with Crippen LogP contribution in [0.5, 0.6) is 0 Å². The first kappa shape index (κ1) is 10.6. The maximum atomic E-state index is 2.26. The lowest BCUT2D eigenvalue weighted by Gasteiger charge is -2.12. The molecule has 0 saturated heterocycles. The summed E-state index contributed by atoms with van der Waals surface area (Å²) in [5, 5.41) is 0. The van der Waals surface area contributed by atoms with Crippen LogP contribution in [0.1, 0.15) is 0 Å². The van der Waals surface area contributed by atoms with Crippen molar-refractivity contribution in [3.63, 3.8) is 0 Å². The molecule has 0 bridgehead atoms. The van der Waals surface area contributed by atoms with Crippen LogP contribution >= 0.6 is 0 Å². The molecule has 4 heteroatoms. The van der Waals surface area contributed by atoms with Crippen LogP contribution in [0.2, 0.25) is 0 Å². The minimum Gasteiger partial charge on any atom is -1.00 e. The zero-order chi connectivity index (χ0) is 7.72. The average molecular weight is 178 g/mol. The normalized spacial score (nSPS) is 16.9. The van der Waals surface area contributed by atoms with Gasteiger partial charge in [0.25, 0.3) is 0 Å². The highest BCUT2D eigenvalue weighted by molar-refractivity contribution is 5.75. The van der Waals surface area contributed by atoms with E-state index in [0.29, 0.717) is 0 Å². The SMILES string of the molecule is CN(C)C1=[N+](C)CCN1C.[Cl-]. The van der Waals surface area contributed by atoms with Gasteiger partial charge in [-0.2, -0.15) is 0 Å². The van der Waals surface area contributed by atoms with E-state index in [4.69, 9.17) is 0 Å². The fourth-order valence-corrected chi connectivity index (χ4v) is 1.47. The van der Waals surface area contributed by atoms with Gasteiger partial charge in [0.15, 0.2) is 0 Å². The fraction of sp³-hybridized carbons (Fsp3) is 0.857. The van der Waals surface area contributed by atoms with Gasteiger partial charge in [-0.05, 0) is 0 Å². The van der Waals surface area contributed by atoms with E-state index in [1.165, 1.54) is 5.96 Å². The summed E-state index contributed by atoms with van der Waals surface area (Å²) >= 11 is 0. The first-order chi connectivity index (χ1) is 4.63. The highest BCUT2D eigenvalue weighted by Crippen LogP contribution is 1.97. The first-order valence-corrected chi connectivity index (χ1v) is 3.59. The second-order valence-corrected chi connectivity index (χ2v) is 3.04. The van der Waals surface area contributed by atoms with Gasteiger partial charge in [-0.1, -0.05) is 0 Å². The van der Waals surface area contributed by atoms with Gasteiger partial charge < -0.3 is 12.4 Å². The number of likely N-dealkylation sites (N-methyl/N-ethyl adjacent to an activating group) is 2. The number of hydrogen-bond acceptors (Lipinski definition) is 2. The van der Waals surface area contributed by atoms with Gasteiger partial charge in [-0.25, -0.2) is 0 Å². The first-order valence-electron chi connectivity index (χ1n) is 3.59. The number of rotatable bonds is 0. The molecule has 0 aliphatic carbocycles. The third kappa shape index (κ3) is 1.99. The molecule has 66 valence electrons. The zero-order valence-corrected chi connectivity index (χ0v) is 8.39.